The van der Waals surface area contributed by atoms with Crippen LogP contribution < -0.4 is 4.74 Å². The molecule has 15 heavy (non-hydrogen) atoms. The minimum absolute atomic E-state index is 0.0340. The maximum absolute atomic E-state index is 10.7. The molecule has 0 N–H and O–H groups in total. The first kappa shape index (κ1) is 11.1. The highest BCUT2D eigenvalue weighted by Gasteiger charge is 2.14. The SMILES string of the molecule is C#CCOc1ccc(CC)cc1[N+](=O)[O-]. The first-order valence-electron chi connectivity index (χ1n) is 4.52. The van der Waals surface area contributed by atoms with Gasteiger partial charge in [-0.3, -0.25) is 10.1 Å². The molecule has 0 saturated heterocycles. The minimum atomic E-state index is -0.467. The summed E-state index contributed by atoms with van der Waals surface area (Å²) in [5.41, 5.74) is 0.861. The molecule has 0 amide bonds. The van der Waals surface area contributed by atoms with E-state index >= 15 is 0 Å². The van der Waals surface area contributed by atoms with E-state index in [-0.39, 0.29) is 18.0 Å². The number of nitro benzene ring substituents is 1. The maximum Gasteiger partial charge on any atom is 0.311 e. The quantitative estimate of drug-likeness (QED) is 0.430. The average molecular weight is 205 g/mol. The van der Waals surface area contributed by atoms with Crippen LogP contribution in [-0.4, -0.2) is 11.5 Å². The van der Waals surface area contributed by atoms with Gasteiger partial charge in [-0.05, 0) is 18.1 Å². The summed E-state index contributed by atoms with van der Waals surface area (Å²) in [6, 6.07) is 4.87. The van der Waals surface area contributed by atoms with Crippen molar-refractivity contribution < 1.29 is 9.66 Å². The van der Waals surface area contributed by atoms with Crippen LogP contribution >= 0.6 is 0 Å². The zero-order valence-corrected chi connectivity index (χ0v) is 8.40. The number of terminal acetylenes is 1. The molecule has 1 aromatic rings. The van der Waals surface area contributed by atoms with Gasteiger partial charge in [-0.15, -0.1) is 6.42 Å². The first-order chi connectivity index (χ1) is 7.19. The number of hydrogen-bond donors (Lipinski definition) is 0. The fraction of sp³-hybridized carbons (Fsp3) is 0.273. The molecule has 1 aromatic carbocycles. The molecule has 0 unspecified atom stereocenters. The number of nitro groups is 1. The second-order valence-electron chi connectivity index (χ2n) is 2.91. The molecule has 78 valence electrons. The van der Waals surface area contributed by atoms with E-state index in [9.17, 15) is 10.1 Å². The molecule has 4 heteroatoms. The fourth-order valence-corrected chi connectivity index (χ4v) is 1.17. The third-order valence-corrected chi connectivity index (χ3v) is 1.94. The Kier molecular flexibility index (Phi) is 3.69. The zero-order valence-electron chi connectivity index (χ0n) is 8.40. The molecule has 0 aliphatic rings. The van der Waals surface area contributed by atoms with Gasteiger partial charge in [-0.1, -0.05) is 18.9 Å². The molecular formula is C11H11NO3. The topological polar surface area (TPSA) is 52.4 Å². The molecule has 0 spiro atoms. The van der Waals surface area contributed by atoms with E-state index in [2.05, 4.69) is 5.92 Å². The van der Waals surface area contributed by atoms with Crippen molar-refractivity contribution in [1.82, 2.24) is 0 Å². The van der Waals surface area contributed by atoms with E-state index in [0.717, 1.165) is 12.0 Å². The van der Waals surface area contributed by atoms with E-state index in [0.29, 0.717) is 0 Å². The standard InChI is InChI=1S/C11H11NO3/c1-3-7-15-11-6-5-9(4-2)8-10(11)12(13)14/h1,5-6,8H,4,7H2,2H3. The lowest BCUT2D eigenvalue weighted by atomic mass is 10.1. The summed E-state index contributed by atoms with van der Waals surface area (Å²) in [6.45, 7) is 1.97. The van der Waals surface area contributed by atoms with E-state index in [1.165, 1.54) is 6.07 Å². The summed E-state index contributed by atoms with van der Waals surface area (Å²) in [5.74, 6) is 2.48. The van der Waals surface area contributed by atoms with Crippen LogP contribution in [0.5, 0.6) is 5.75 Å². The van der Waals surface area contributed by atoms with Gasteiger partial charge in [-0.25, -0.2) is 0 Å². The van der Waals surface area contributed by atoms with E-state index in [1.807, 2.05) is 6.92 Å². The van der Waals surface area contributed by atoms with Crippen LogP contribution in [0.25, 0.3) is 0 Å². The van der Waals surface area contributed by atoms with Crippen LogP contribution in [0.15, 0.2) is 18.2 Å². The lowest BCUT2D eigenvalue weighted by Crippen LogP contribution is -1.99. The summed E-state index contributed by atoms with van der Waals surface area (Å²) < 4.78 is 5.07. The van der Waals surface area contributed by atoms with Gasteiger partial charge in [-0.2, -0.15) is 0 Å². The van der Waals surface area contributed by atoms with Crippen LogP contribution in [-0.2, 0) is 6.42 Å². The molecule has 0 atom stereocenters. The van der Waals surface area contributed by atoms with E-state index in [4.69, 9.17) is 11.2 Å². The Labute approximate surface area is 88.0 Å². The number of benzene rings is 1. The molecule has 0 aromatic heterocycles. The third-order valence-electron chi connectivity index (χ3n) is 1.94. The van der Waals surface area contributed by atoms with Crippen molar-refractivity contribution in [3.63, 3.8) is 0 Å². The lowest BCUT2D eigenvalue weighted by molar-refractivity contribution is -0.385. The fourth-order valence-electron chi connectivity index (χ4n) is 1.17. The zero-order chi connectivity index (χ0) is 11.3. The Morgan fingerprint density at radius 2 is 2.33 bits per heavy atom. The number of ether oxygens (including phenoxy) is 1. The number of aryl methyl sites for hydroxylation is 1. The normalized spacial score (nSPS) is 9.33. The third kappa shape index (κ3) is 2.71. The molecule has 0 heterocycles. The van der Waals surface area contributed by atoms with E-state index in [1.54, 1.807) is 12.1 Å². The molecule has 0 fully saturated rings. The second kappa shape index (κ2) is 5.01. The molecular weight excluding hydrogens is 194 g/mol. The molecule has 0 bridgehead atoms. The predicted octanol–water partition coefficient (Wildman–Crippen LogP) is 2.17. The lowest BCUT2D eigenvalue weighted by Gasteiger charge is -2.04. The van der Waals surface area contributed by atoms with Gasteiger partial charge in [0, 0.05) is 6.07 Å². The molecule has 0 radical (unpaired) electrons. The van der Waals surface area contributed by atoms with Crippen molar-refractivity contribution in [1.29, 1.82) is 0 Å². The molecule has 0 aliphatic carbocycles. The van der Waals surface area contributed by atoms with Crippen molar-refractivity contribution in [2.45, 2.75) is 13.3 Å². The minimum Gasteiger partial charge on any atom is -0.474 e. The van der Waals surface area contributed by atoms with Crippen molar-refractivity contribution in [3.05, 3.63) is 33.9 Å². The Balaban J connectivity index is 3.05. The van der Waals surface area contributed by atoms with Gasteiger partial charge < -0.3 is 4.74 Å². The summed E-state index contributed by atoms with van der Waals surface area (Å²) in [7, 11) is 0. The van der Waals surface area contributed by atoms with Crippen molar-refractivity contribution >= 4 is 5.69 Å². The average Bonchev–Trinajstić information content (AvgIpc) is 2.26. The molecule has 0 aliphatic heterocycles. The highest BCUT2D eigenvalue weighted by atomic mass is 16.6. The van der Waals surface area contributed by atoms with Gasteiger partial charge in [0.1, 0.15) is 6.61 Å². The largest absolute Gasteiger partial charge is 0.474 e. The van der Waals surface area contributed by atoms with Gasteiger partial charge in [0.05, 0.1) is 4.92 Å². The van der Waals surface area contributed by atoms with Crippen LogP contribution in [0.3, 0.4) is 0 Å². The van der Waals surface area contributed by atoms with Crippen molar-refractivity contribution in [2.75, 3.05) is 6.61 Å². The summed E-state index contributed by atoms with van der Waals surface area (Å²) in [5, 5.41) is 10.7. The molecule has 4 nitrogen and oxygen atoms in total. The van der Waals surface area contributed by atoms with Gasteiger partial charge >= 0.3 is 5.69 Å². The maximum atomic E-state index is 10.7. The van der Waals surface area contributed by atoms with Gasteiger partial charge in [0.25, 0.3) is 0 Å². The smallest absolute Gasteiger partial charge is 0.311 e. The summed E-state index contributed by atoms with van der Waals surface area (Å²) in [4.78, 5) is 10.3. The second-order valence-corrected chi connectivity index (χ2v) is 2.91. The van der Waals surface area contributed by atoms with Gasteiger partial charge in [0.2, 0.25) is 0 Å². The predicted molar refractivity (Wildman–Crippen MR) is 56.8 cm³/mol. The summed E-state index contributed by atoms with van der Waals surface area (Å²) in [6.07, 6.45) is 5.76. The first-order valence-corrected chi connectivity index (χ1v) is 4.52. The highest BCUT2D eigenvalue weighted by molar-refractivity contribution is 5.48. The van der Waals surface area contributed by atoms with Gasteiger partial charge in [0.15, 0.2) is 5.75 Å². The van der Waals surface area contributed by atoms with Crippen LogP contribution in [0, 0.1) is 22.5 Å². The summed E-state index contributed by atoms with van der Waals surface area (Å²) >= 11 is 0. The molecule has 0 saturated carbocycles. The van der Waals surface area contributed by atoms with Crippen LogP contribution in [0.2, 0.25) is 0 Å². The Bertz CT molecular complexity index is 407. The Morgan fingerprint density at radius 1 is 1.60 bits per heavy atom. The van der Waals surface area contributed by atoms with E-state index < -0.39 is 4.92 Å². The van der Waals surface area contributed by atoms with Crippen LogP contribution in [0.1, 0.15) is 12.5 Å². The molecule has 1 rings (SSSR count). The monoisotopic (exact) mass is 205 g/mol. The Hall–Kier alpha value is -2.02. The number of nitrogens with zero attached hydrogens (tertiary/aromatic N) is 1. The number of hydrogen-bond acceptors (Lipinski definition) is 3. The number of rotatable bonds is 4. The van der Waals surface area contributed by atoms with Crippen molar-refractivity contribution in [2.24, 2.45) is 0 Å². The highest BCUT2D eigenvalue weighted by Crippen LogP contribution is 2.27. The Morgan fingerprint density at radius 3 is 2.87 bits per heavy atom. The van der Waals surface area contributed by atoms with Crippen molar-refractivity contribution in [3.8, 4) is 18.1 Å². The van der Waals surface area contributed by atoms with Crippen LogP contribution in [0.4, 0.5) is 5.69 Å².